The number of fused-ring (bicyclic) bond motifs is 1. The number of rotatable bonds is 0. The highest BCUT2D eigenvalue weighted by Crippen LogP contribution is 2.29. The van der Waals surface area contributed by atoms with Crippen LogP contribution in [0.1, 0.15) is 37.7 Å². The van der Waals surface area contributed by atoms with Gasteiger partial charge in [0.2, 0.25) is 0 Å². The van der Waals surface area contributed by atoms with Gasteiger partial charge in [0.25, 0.3) is 0 Å². The Hall–Kier alpha value is -0.370. The number of hydrogen-bond donors (Lipinski definition) is 1. The van der Waals surface area contributed by atoms with Crippen LogP contribution >= 0.6 is 11.8 Å². The number of nitrogens with one attached hydrogen (secondary N) is 1. The summed E-state index contributed by atoms with van der Waals surface area (Å²) in [5.74, 6) is 2.47. The van der Waals surface area contributed by atoms with E-state index in [1.165, 1.54) is 34.9 Å². The highest BCUT2D eigenvalue weighted by atomic mass is 32.2. The molecule has 0 unspecified atom stereocenters. The number of H-pyrrole nitrogens is 1. The van der Waals surface area contributed by atoms with Gasteiger partial charge in [-0.15, -0.1) is 0 Å². The molecule has 1 aromatic rings. The van der Waals surface area contributed by atoms with Crippen LogP contribution in [-0.4, -0.2) is 10.7 Å². The van der Waals surface area contributed by atoms with Gasteiger partial charge in [-0.05, 0) is 23.8 Å². The minimum atomic E-state index is 0.266. The molecule has 1 N–H and O–H groups in total. The van der Waals surface area contributed by atoms with Crippen LogP contribution in [0.25, 0.3) is 0 Å². The molecule has 13 heavy (non-hydrogen) atoms. The van der Waals surface area contributed by atoms with Gasteiger partial charge < -0.3 is 4.98 Å². The van der Waals surface area contributed by atoms with Gasteiger partial charge in [-0.3, -0.25) is 0 Å². The molecule has 0 saturated carbocycles. The van der Waals surface area contributed by atoms with E-state index < -0.39 is 0 Å². The van der Waals surface area contributed by atoms with E-state index in [1.807, 2.05) is 11.8 Å². The molecule has 0 atom stereocenters. The SMILES string of the molecule is CC(C)(C)c1cc2c([nH]1)CCSC2. The maximum Gasteiger partial charge on any atom is 0.0207 e. The Balaban J connectivity index is 2.36. The molecule has 2 rings (SSSR count). The third-order valence-electron chi connectivity index (χ3n) is 2.55. The molecule has 1 aromatic heterocycles. The van der Waals surface area contributed by atoms with E-state index in [1.54, 1.807) is 0 Å². The summed E-state index contributed by atoms with van der Waals surface area (Å²) >= 11 is 2.04. The zero-order chi connectivity index (χ0) is 9.47. The molecule has 72 valence electrons. The van der Waals surface area contributed by atoms with E-state index >= 15 is 0 Å². The molecule has 2 heterocycles. The summed E-state index contributed by atoms with van der Waals surface area (Å²) in [6, 6.07) is 2.35. The van der Waals surface area contributed by atoms with Crippen LogP contribution in [-0.2, 0) is 17.6 Å². The smallest absolute Gasteiger partial charge is 0.0207 e. The molecule has 0 fully saturated rings. The standard InChI is InChI=1S/C11H17NS/c1-11(2,3)10-6-8-7-13-5-4-9(8)12-10/h6,12H,4-5,7H2,1-3H3. The van der Waals surface area contributed by atoms with Crippen molar-refractivity contribution in [3.8, 4) is 0 Å². The number of hydrogen-bond acceptors (Lipinski definition) is 1. The zero-order valence-electron chi connectivity index (χ0n) is 8.61. The monoisotopic (exact) mass is 195 g/mol. The summed E-state index contributed by atoms with van der Waals surface area (Å²) in [6.45, 7) is 6.78. The molecule has 0 aliphatic carbocycles. The number of thioether (sulfide) groups is 1. The predicted octanol–water partition coefficient (Wildman–Crippen LogP) is 3.10. The molecular weight excluding hydrogens is 178 g/mol. The summed E-state index contributed by atoms with van der Waals surface area (Å²) in [7, 11) is 0. The first kappa shape index (κ1) is 9.20. The van der Waals surface area contributed by atoms with Gasteiger partial charge in [-0.2, -0.15) is 11.8 Å². The Kier molecular flexibility index (Phi) is 2.18. The fourth-order valence-electron chi connectivity index (χ4n) is 1.65. The minimum absolute atomic E-state index is 0.266. The first-order valence-corrected chi connectivity index (χ1v) is 6.02. The van der Waals surface area contributed by atoms with E-state index in [0.717, 1.165) is 0 Å². The molecule has 1 aliphatic rings. The Morgan fingerprint density at radius 3 is 2.77 bits per heavy atom. The molecule has 0 amide bonds. The maximum absolute atomic E-state index is 3.56. The number of aryl methyl sites for hydroxylation is 1. The van der Waals surface area contributed by atoms with Crippen LogP contribution in [0.15, 0.2) is 6.07 Å². The topological polar surface area (TPSA) is 15.8 Å². The summed E-state index contributed by atoms with van der Waals surface area (Å²) in [4.78, 5) is 3.56. The van der Waals surface area contributed by atoms with Crippen LogP contribution in [0.3, 0.4) is 0 Å². The van der Waals surface area contributed by atoms with Crippen molar-refractivity contribution in [3.05, 3.63) is 23.0 Å². The van der Waals surface area contributed by atoms with Crippen molar-refractivity contribution in [1.29, 1.82) is 0 Å². The van der Waals surface area contributed by atoms with Gasteiger partial charge in [0.1, 0.15) is 0 Å². The van der Waals surface area contributed by atoms with Gasteiger partial charge in [0.15, 0.2) is 0 Å². The second-order valence-electron chi connectivity index (χ2n) is 4.74. The molecule has 0 radical (unpaired) electrons. The molecule has 1 aliphatic heterocycles. The van der Waals surface area contributed by atoms with Gasteiger partial charge in [-0.1, -0.05) is 20.8 Å². The normalized spacial score (nSPS) is 17.2. The van der Waals surface area contributed by atoms with Crippen LogP contribution < -0.4 is 0 Å². The van der Waals surface area contributed by atoms with Gasteiger partial charge in [-0.25, -0.2) is 0 Å². The second-order valence-corrected chi connectivity index (χ2v) is 5.84. The maximum atomic E-state index is 3.56. The van der Waals surface area contributed by atoms with Gasteiger partial charge >= 0.3 is 0 Å². The molecular formula is C11H17NS. The predicted molar refractivity (Wildman–Crippen MR) is 59.4 cm³/mol. The van der Waals surface area contributed by atoms with Crippen molar-refractivity contribution in [3.63, 3.8) is 0 Å². The summed E-state index contributed by atoms with van der Waals surface area (Å²) in [6.07, 6.45) is 1.22. The van der Waals surface area contributed by atoms with E-state index in [4.69, 9.17) is 0 Å². The minimum Gasteiger partial charge on any atom is -0.362 e. The number of aromatic nitrogens is 1. The molecule has 0 spiro atoms. The first-order chi connectivity index (χ1) is 6.07. The summed E-state index contributed by atoms with van der Waals surface area (Å²) in [5.41, 5.74) is 4.66. The Bertz CT molecular complexity index is 283. The lowest BCUT2D eigenvalue weighted by Crippen LogP contribution is -2.11. The Labute approximate surface area is 84.3 Å². The van der Waals surface area contributed by atoms with Crippen molar-refractivity contribution in [2.75, 3.05) is 5.75 Å². The van der Waals surface area contributed by atoms with Crippen molar-refractivity contribution in [1.82, 2.24) is 4.98 Å². The van der Waals surface area contributed by atoms with E-state index in [-0.39, 0.29) is 5.41 Å². The van der Waals surface area contributed by atoms with Crippen molar-refractivity contribution in [2.24, 2.45) is 0 Å². The lowest BCUT2D eigenvalue weighted by atomic mass is 9.92. The molecule has 1 nitrogen and oxygen atoms in total. The quantitative estimate of drug-likeness (QED) is 0.672. The molecule has 2 heteroatoms. The van der Waals surface area contributed by atoms with Crippen molar-refractivity contribution >= 4 is 11.8 Å². The Morgan fingerprint density at radius 2 is 2.15 bits per heavy atom. The van der Waals surface area contributed by atoms with Crippen LogP contribution in [0, 0.1) is 0 Å². The van der Waals surface area contributed by atoms with Crippen LogP contribution in [0.4, 0.5) is 0 Å². The summed E-state index contributed by atoms with van der Waals surface area (Å²) < 4.78 is 0. The third kappa shape index (κ3) is 1.78. The molecule has 0 saturated heterocycles. The van der Waals surface area contributed by atoms with Crippen molar-refractivity contribution < 1.29 is 0 Å². The average Bonchev–Trinajstić information content (AvgIpc) is 2.45. The fraction of sp³-hybridized carbons (Fsp3) is 0.636. The highest BCUT2D eigenvalue weighted by molar-refractivity contribution is 7.98. The Morgan fingerprint density at radius 1 is 1.38 bits per heavy atom. The third-order valence-corrected chi connectivity index (χ3v) is 3.56. The van der Waals surface area contributed by atoms with Gasteiger partial charge in [0, 0.05) is 22.6 Å². The fourth-order valence-corrected chi connectivity index (χ4v) is 2.62. The van der Waals surface area contributed by atoms with Crippen LogP contribution in [0.5, 0.6) is 0 Å². The van der Waals surface area contributed by atoms with E-state index in [0.29, 0.717) is 0 Å². The lowest BCUT2D eigenvalue weighted by Gasteiger charge is -2.15. The summed E-state index contributed by atoms with van der Waals surface area (Å²) in [5, 5.41) is 0. The van der Waals surface area contributed by atoms with Gasteiger partial charge in [0.05, 0.1) is 0 Å². The number of aromatic amines is 1. The van der Waals surface area contributed by atoms with Crippen molar-refractivity contribution in [2.45, 2.75) is 38.4 Å². The molecule has 0 bridgehead atoms. The molecule has 0 aromatic carbocycles. The zero-order valence-corrected chi connectivity index (χ0v) is 9.42. The van der Waals surface area contributed by atoms with E-state index in [9.17, 15) is 0 Å². The lowest BCUT2D eigenvalue weighted by molar-refractivity contribution is 0.571. The van der Waals surface area contributed by atoms with E-state index in [2.05, 4.69) is 31.8 Å². The first-order valence-electron chi connectivity index (χ1n) is 4.86. The highest BCUT2D eigenvalue weighted by Gasteiger charge is 2.20. The largest absolute Gasteiger partial charge is 0.362 e. The second kappa shape index (κ2) is 3.09. The average molecular weight is 195 g/mol. The van der Waals surface area contributed by atoms with Crippen LogP contribution in [0.2, 0.25) is 0 Å².